The molecule has 9 heteroatoms. The topological polar surface area (TPSA) is 80.8 Å². The Morgan fingerprint density at radius 1 is 1.29 bits per heavy atom. The molecular formula is C12H16FNO5S2. The number of sulfone groups is 1. The van der Waals surface area contributed by atoms with Crippen LogP contribution in [0.2, 0.25) is 0 Å². The zero-order valence-corrected chi connectivity index (χ0v) is 13.2. The average molecular weight is 337 g/mol. The Balaban J connectivity index is 2.38. The van der Waals surface area contributed by atoms with E-state index in [-0.39, 0.29) is 30.2 Å². The van der Waals surface area contributed by atoms with Crippen LogP contribution in [0.15, 0.2) is 23.1 Å². The lowest BCUT2D eigenvalue weighted by Gasteiger charge is -2.18. The summed E-state index contributed by atoms with van der Waals surface area (Å²) in [5, 5.41) is -0.730. The summed E-state index contributed by atoms with van der Waals surface area (Å²) in [6.07, 6.45) is 1.31. The number of methoxy groups -OCH3 is 1. The van der Waals surface area contributed by atoms with Crippen LogP contribution in [-0.2, 0) is 19.9 Å². The summed E-state index contributed by atoms with van der Waals surface area (Å²) in [6, 6.07) is 3.20. The molecule has 1 heterocycles. The van der Waals surface area contributed by atoms with Crippen molar-refractivity contribution in [3.05, 3.63) is 24.0 Å². The summed E-state index contributed by atoms with van der Waals surface area (Å²) in [7, 11) is -6.02. The van der Waals surface area contributed by atoms with Crippen molar-refractivity contribution in [1.82, 2.24) is 4.31 Å². The highest BCUT2D eigenvalue weighted by Crippen LogP contribution is 2.30. The molecule has 6 nitrogen and oxygen atoms in total. The predicted octanol–water partition coefficient (Wildman–Crippen LogP) is 0.642. The van der Waals surface area contributed by atoms with E-state index in [1.807, 2.05) is 0 Å². The van der Waals surface area contributed by atoms with Crippen molar-refractivity contribution in [2.75, 3.05) is 26.5 Å². The van der Waals surface area contributed by atoms with Crippen LogP contribution in [0, 0.1) is 5.82 Å². The average Bonchev–Trinajstić information content (AvgIpc) is 2.88. The van der Waals surface area contributed by atoms with Crippen LogP contribution < -0.4 is 4.74 Å². The number of sulfonamides is 1. The highest BCUT2D eigenvalue weighted by molar-refractivity contribution is 7.91. The van der Waals surface area contributed by atoms with Crippen molar-refractivity contribution in [2.24, 2.45) is 0 Å². The molecule has 2 rings (SSSR count). The second-order valence-electron chi connectivity index (χ2n) is 4.90. The van der Waals surface area contributed by atoms with E-state index in [4.69, 9.17) is 4.74 Å². The van der Waals surface area contributed by atoms with Gasteiger partial charge in [-0.25, -0.2) is 21.2 Å². The molecule has 0 radical (unpaired) electrons. The van der Waals surface area contributed by atoms with E-state index in [0.29, 0.717) is 0 Å². The molecule has 1 fully saturated rings. The summed E-state index contributed by atoms with van der Waals surface area (Å²) in [4.78, 5) is -0.292. The van der Waals surface area contributed by atoms with Gasteiger partial charge in [0.25, 0.3) is 0 Å². The monoisotopic (exact) mass is 337 g/mol. The van der Waals surface area contributed by atoms with Gasteiger partial charge in [0.1, 0.15) is 16.5 Å². The fourth-order valence-electron chi connectivity index (χ4n) is 2.26. The fraction of sp³-hybridized carbons (Fsp3) is 0.500. The van der Waals surface area contributed by atoms with Crippen molar-refractivity contribution in [3.63, 3.8) is 0 Å². The zero-order chi connectivity index (χ0) is 15.8. The molecule has 118 valence electrons. The summed E-state index contributed by atoms with van der Waals surface area (Å²) in [6.45, 7) is -0.0411. The highest BCUT2D eigenvalue weighted by atomic mass is 32.2. The number of halogens is 1. The molecule has 0 N–H and O–H groups in total. The van der Waals surface area contributed by atoms with Gasteiger partial charge in [-0.1, -0.05) is 0 Å². The summed E-state index contributed by atoms with van der Waals surface area (Å²) >= 11 is 0. The number of hydrogen-bond donors (Lipinski definition) is 0. The van der Waals surface area contributed by atoms with E-state index >= 15 is 0 Å². The number of hydrogen-bond acceptors (Lipinski definition) is 5. The zero-order valence-electron chi connectivity index (χ0n) is 11.6. The maximum Gasteiger partial charge on any atom is 0.246 e. The van der Waals surface area contributed by atoms with Gasteiger partial charge in [-0.2, -0.15) is 4.31 Å². The minimum Gasteiger partial charge on any atom is -0.495 e. The van der Waals surface area contributed by atoms with Crippen LogP contribution in [0.1, 0.15) is 6.42 Å². The third kappa shape index (κ3) is 3.19. The van der Waals surface area contributed by atoms with E-state index in [1.54, 1.807) is 0 Å². The molecule has 0 saturated carbocycles. The minimum atomic E-state index is -3.99. The molecule has 0 bridgehead atoms. The molecule has 0 aliphatic carbocycles. The molecule has 1 aliphatic rings. The third-order valence-electron chi connectivity index (χ3n) is 3.46. The lowest BCUT2D eigenvalue weighted by molar-refractivity contribution is 0.396. The smallest absolute Gasteiger partial charge is 0.246 e. The van der Waals surface area contributed by atoms with Gasteiger partial charge in [-0.15, -0.1) is 0 Å². The first-order valence-corrected chi connectivity index (χ1v) is 9.58. The maximum absolute atomic E-state index is 13.3. The first-order chi connectivity index (χ1) is 9.66. The van der Waals surface area contributed by atoms with Crippen LogP contribution in [0.5, 0.6) is 5.75 Å². The summed E-state index contributed by atoms with van der Waals surface area (Å²) in [5.41, 5.74) is 0. The molecule has 21 heavy (non-hydrogen) atoms. The van der Waals surface area contributed by atoms with E-state index < -0.39 is 30.9 Å². The van der Waals surface area contributed by atoms with Crippen LogP contribution in [-0.4, -0.2) is 52.8 Å². The quantitative estimate of drug-likeness (QED) is 0.805. The molecule has 1 aromatic rings. The molecule has 1 aliphatic heterocycles. The predicted molar refractivity (Wildman–Crippen MR) is 75.0 cm³/mol. The van der Waals surface area contributed by atoms with Crippen molar-refractivity contribution in [3.8, 4) is 5.75 Å². The van der Waals surface area contributed by atoms with Crippen LogP contribution >= 0.6 is 0 Å². The van der Waals surface area contributed by atoms with Gasteiger partial charge < -0.3 is 4.74 Å². The molecule has 1 saturated heterocycles. The Labute approximate surface area is 123 Å². The molecule has 1 aromatic carbocycles. The Morgan fingerprint density at radius 3 is 2.48 bits per heavy atom. The standard InChI is InChI=1S/C12H16FNO5S2/c1-19-11-4-3-9(13)7-12(11)21(17,18)14-6-5-10(8-14)20(2,15)16/h3-4,7,10H,5-6,8H2,1-2H3/t10-/m1/s1. The Bertz CT molecular complexity index is 745. The van der Waals surface area contributed by atoms with Gasteiger partial charge in [0.05, 0.1) is 12.4 Å². The van der Waals surface area contributed by atoms with E-state index in [0.717, 1.165) is 22.7 Å². The Kier molecular flexibility index (Phi) is 4.27. The number of rotatable bonds is 4. The third-order valence-corrected chi connectivity index (χ3v) is 6.94. The van der Waals surface area contributed by atoms with Crippen molar-refractivity contribution in [1.29, 1.82) is 0 Å². The summed E-state index contributed by atoms with van der Waals surface area (Å²) in [5.74, 6) is -0.674. The first-order valence-electron chi connectivity index (χ1n) is 6.19. The van der Waals surface area contributed by atoms with Gasteiger partial charge in [0, 0.05) is 19.3 Å². The van der Waals surface area contributed by atoms with Gasteiger partial charge in [-0.05, 0) is 24.6 Å². The number of benzene rings is 1. The SMILES string of the molecule is COc1ccc(F)cc1S(=O)(=O)N1CC[C@@H](S(C)(=O)=O)C1. The van der Waals surface area contributed by atoms with Gasteiger partial charge >= 0.3 is 0 Å². The van der Waals surface area contributed by atoms with Gasteiger partial charge in [-0.3, -0.25) is 0 Å². The largest absolute Gasteiger partial charge is 0.495 e. The van der Waals surface area contributed by atoms with Gasteiger partial charge in [0.15, 0.2) is 9.84 Å². The molecule has 1 atom stereocenters. The Morgan fingerprint density at radius 2 is 1.95 bits per heavy atom. The van der Waals surface area contributed by atoms with Gasteiger partial charge in [0.2, 0.25) is 10.0 Å². The number of ether oxygens (including phenoxy) is 1. The molecule has 0 aromatic heterocycles. The van der Waals surface area contributed by atoms with Crippen LogP contribution in [0.3, 0.4) is 0 Å². The lowest BCUT2D eigenvalue weighted by Crippen LogP contribution is -2.32. The normalized spacial score (nSPS) is 20.6. The second-order valence-corrected chi connectivity index (χ2v) is 9.13. The van der Waals surface area contributed by atoms with Crippen molar-refractivity contribution in [2.45, 2.75) is 16.6 Å². The van der Waals surface area contributed by atoms with E-state index in [1.165, 1.54) is 13.2 Å². The maximum atomic E-state index is 13.3. The molecular weight excluding hydrogens is 321 g/mol. The Hall–Kier alpha value is -1.19. The molecule has 0 amide bonds. The van der Waals surface area contributed by atoms with E-state index in [9.17, 15) is 21.2 Å². The second kappa shape index (κ2) is 5.54. The molecule has 0 spiro atoms. The molecule has 0 unspecified atom stereocenters. The van der Waals surface area contributed by atoms with E-state index in [2.05, 4.69) is 0 Å². The van der Waals surface area contributed by atoms with Crippen molar-refractivity contribution < 1.29 is 26.0 Å². The number of nitrogens with zero attached hydrogens (tertiary/aromatic N) is 1. The fourth-order valence-corrected chi connectivity index (χ4v) is 5.00. The summed E-state index contributed by atoms with van der Waals surface area (Å²) < 4.78 is 67.4. The van der Waals surface area contributed by atoms with Crippen LogP contribution in [0.25, 0.3) is 0 Å². The lowest BCUT2D eigenvalue weighted by atomic mass is 10.3. The first kappa shape index (κ1) is 16.2. The highest BCUT2D eigenvalue weighted by Gasteiger charge is 2.38. The minimum absolute atomic E-state index is 0.0270. The van der Waals surface area contributed by atoms with Crippen molar-refractivity contribution >= 4 is 19.9 Å². The van der Waals surface area contributed by atoms with Crippen LogP contribution in [0.4, 0.5) is 4.39 Å².